The molecule has 1 aliphatic rings. The van der Waals surface area contributed by atoms with Crippen LogP contribution in [0.25, 0.3) is 11.1 Å². The zero-order chi connectivity index (χ0) is 32.3. The van der Waals surface area contributed by atoms with Crippen LogP contribution < -0.4 is 20.7 Å². The van der Waals surface area contributed by atoms with E-state index in [1.165, 1.54) is 10.8 Å². The molecule has 9 heteroatoms. The number of hydrogen-bond acceptors (Lipinski definition) is 7. The molecule has 2 N–H and O–H groups in total. The molecule has 5 aromatic rings. The predicted octanol–water partition coefficient (Wildman–Crippen LogP) is 5.19. The Morgan fingerprint density at radius 3 is 2.04 bits per heavy atom. The maximum Gasteiger partial charge on any atom is 0.330 e. The van der Waals surface area contributed by atoms with Gasteiger partial charge in [-0.3, -0.25) is 14.3 Å². The number of ether oxygens (including phenoxy) is 4. The highest BCUT2D eigenvalue weighted by molar-refractivity contribution is 5.62. The highest BCUT2D eigenvalue weighted by Crippen LogP contribution is 2.42. The van der Waals surface area contributed by atoms with Crippen molar-refractivity contribution >= 4 is 0 Å². The van der Waals surface area contributed by atoms with Crippen molar-refractivity contribution in [1.82, 2.24) is 9.55 Å². The maximum absolute atomic E-state index is 13.0. The normalized spacial score (nSPS) is 18.0. The number of aliphatic hydroxyl groups is 1. The van der Waals surface area contributed by atoms with Crippen molar-refractivity contribution in [2.24, 2.45) is 0 Å². The summed E-state index contributed by atoms with van der Waals surface area (Å²) in [6.45, 7) is 1.93. The molecule has 0 aliphatic carbocycles. The highest BCUT2D eigenvalue weighted by atomic mass is 16.6. The van der Waals surface area contributed by atoms with Crippen LogP contribution in [0.15, 0.2) is 119 Å². The van der Waals surface area contributed by atoms with Crippen LogP contribution in [-0.2, 0) is 15.1 Å². The summed E-state index contributed by atoms with van der Waals surface area (Å²) < 4.78 is 25.4. The number of aliphatic hydroxyl groups excluding tert-OH is 1. The maximum atomic E-state index is 13.0. The SMILES string of the molecule is COc1ccc(C(OC[C@H]2O[C@@H](n3cc(-c4cccc(C)c4)c(=O)[nH]c3=O)C[C@@H]2O)(c2ccccc2)c2ccc(OC)cc2)cc1. The van der Waals surface area contributed by atoms with Gasteiger partial charge in [0.15, 0.2) is 0 Å². The lowest BCUT2D eigenvalue weighted by Crippen LogP contribution is -2.38. The van der Waals surface area contributed by atoms with Crippen molar-refractivity contribution in [2.45, 2.75) is 37.4 Å². The zero-order valence-corrected chi connectivity index (χ0v) is 25.9. The van der Waals surface area contributed by atoms with E-state index in [2.05, 4.69) is 4.98 Å². The second-order valence-corrected chi connectivity index (χ2v) is 11.3. The third-order valence-electron chi connectivity index (χ3n) is 8.45. The van der Waals surface area contributed by atoms with E-state index in [0.29, 0.717) is 22.6 Å². The molecule has 46 heavy (non-hydrogen) atoms. The summed E-state index contributed by atoms with van der Waals surface area (Å²) in [5, 5.41) is 11.2. The van der Waals surface area contributed by atoms with E-state index < -0.39 is 35.3 Å². The number of H-pyrrole nitrogens is 1. The molecule has 0 amide bonds. The minimum Gasteiger partial charge on any atom is -0.497 e. The molecular weight excluding hydrogens is 584 g/mol. The van der Waals surface area contributed by atoms with Gasteiger partial charge in [0.05, 0.1) is 32.5 Å². The second-order valence-electron chi connectivity index (χ2n) is 11.3. The summed E-state index contributed by atoms with van der Waals surface area (Å²) in [7, 11) is 3.23. The third kappa shape index (κ3) is 6.00. The zero-order valence-electron chi connectivity index (χ0n) is 25.9. The molecule has 4 aromatic carbocycles. The first-order valence-electron chi connectivity index (χ1n) is 15.1. The van der Waals surface area contributed by atoms with Gasteiger partial charge in [-0.05, 0) is 53.4 Å². The van der Waals surface area contributed by atoms with Crippen LogP contribution in [0.4, 0.5) is 0 Å². The van der Waals surface area contributed by atoms with Crippen LogP contribution in [0.5, 0.6) is 11.5 Å². The molecule has 9 nitrogen and oxygen atoms in total. The summed E-state index contributed by atoms with van der Waals surface area (Å²) >= 11 is 0. The summed E-state index contributed by atoms with van der Waals surface area (Å²) in [4.78, 5) is 28.1. The van der Waals surface area contributed by atoms with E-state index in [1.54, 1.807) is 14.2 Å². The number of aryl methyl sites for hydroxylation is 1. The van der Waals surface area contributed by atoms with Crippen molar-refractivity contribution in [1.29, 1.82) is 0 Å². The molecule has 2 heterocycles. The molecule has 236 valence electrons. The van der Waals surface area contributed by atoms with Crippen LogP contribution in [0, 0.1) is 6.92 Å². The summed E-state index contributed by atoms with van der Waals surface area (Å²) in [5.41, 5.74) is 2.34. The Morgan fingerprint density at radius 2 is 1.46 bits per heavy atom. The minimum atomic E-state index is -1.10. The standard InChI is InChI=1S/C37H36N2O7/c1-24-8-7-9-25(20-24)31-22-39(36(42)38-35(31)41)34-21-32(40)33(46-34)23-45-37(26-10-5-4-6-11-26,27-12-16-29(43-2)17-13-27)28-14-18-30(44-3)19-15-28/h4-20,22,32-34,40H,21,23H2,1-3H3,(H,38,41,42)/t32-,33+,34+/m0/s1. The topological polar surface area (TPSA) is 112 Å². The van der Waals surface area contributed by atoms with Crippen molar-refractivity contribution < 1.29 is 24.1 Å². The second kappa shape index (κ2) is 13.2. The van der Waals surface area contributed by atoms with Crippen molar-refractivity contribution in [2.75, 3.05) is 20.8 Å². The Bertz CT molecular complexity index is 1850. The lowest BCUT2D eigenvalue weighted by Gasteiger charge is -2.37. The largest absolute Gasteiger partial charge is 0.497 e. The van der Waals surface area contributed by atoms with Gasteiger partial charge in [0, 0.05) is 12.6 Å². The average molecular weight is 621 g/mol. The Hall–Kier alpha value is -4.96. The van der Waals surface area contributed by atoms with Gasteiger partial charge in [0.1, 0.15) is 29.4 Å². The van der Waals surface area contributed by atoms with Gasteiger partial charge in [-0.1, -0.05) is 84.4 Å². The van der Waals surface area contributed by atoms with Crippen molar-refractivity contribution in [3.05, 3.63) is 152 Å². The molecule has 0 bridgehead atoms. The number of aromatic amines is 1. The van der Waals surface area contributed by atoms with Crippen LogP contribution in [0.1, 0.15) is 34.9 Å². The molecule has 0 unspecified atom stereocenters. The summed E-state index contributed by atoms with van der Waals surface area (Å²) in [6.07, 6.45) is -0.891. The average Bonchev–Trinajstić information content (AvgIpc) is 3.45. The van der Waals surface area contributed by atoms with Crippen LogP contribution in [-0.4, -0.2) is 47.7 Å². The molecule has 1 aliphatic heterocycles. The quantitative estimate of drug-likeness (QED) is 0.207. The number of aromatic nitrogens is 2. The van der Waals surface area contributed by atoms with Gasteiger partial charge in [0.2, 0.25) is 0 Å². The van der Waals surface area contributed by atoms with E-state index >= 15 is 0 Å². The number of methoxy groups -OCH3 is 2. The number of nitrogens with zero attached hydrogens (tertiary/aromatic N) is 1. The molecule has 0 saturated carbocycles. The molecule has 6 rings (SSSR count). The Labute approximate surface area is 266 Å². The Morgan fingerprint density at radius 1 is 0.848 bits per heavy atom. The van der Waals surface area contributed by atoms with E-state index in [1.807, 2.05) is 110 Å². The molecule has 0 radical (unpaired) electrons. The summed E-state index contributed by atoms with van der Waals surface area (Å²) in [6, 6.07) is 32.7. The first-order chi connectivity index (χ1) is 22.3. The lowest BCUT2D eigenvalue weighted by atomic mass is 9.80. The van der Waals surface area contributed by atoms with Crippen LogP contribution in [0.2, 0.25) is 0 Å². The summed E-state index contributed by atoms with van der Waals surface area (Å²) in [5.74, 6) is 1.41. The first kappa shape index (κ1) is 31.0. The Kier molecular flexibility index (Phi) is 8.90. The van der Waals surface area contributed by atoms with Crippen molar-refractivity contribution in [3.63, 3.8) is 0 Å². The third-order valence-corrected chi connectivity index (χ3v) is 8.45. The predicted molar refractivity (Wildman–Crippen MR) is 174 cm³/mol. The first-order valence-corrected chi connectivity index (χ1v) is 15.1. The van der Waals surface area contributed by atoms with E-state index in [0.717, 1.165) is 22.3 Å². The smallest absolute Gasteiger partial charge is 0.330 e. The molecule has 1 fully saturated rings. The lowest BCUT2D eigenvalue weighted by molar-refractivity contribution is -0.0944. The number of hydrogen-bond donors (Lipinski definition) is 2. The van der Waals surface area contributed by atoms with E-state index in [-0.39, 0.29) is 13.0 Å². The van der Waals surface area contributed by atoms with Crippen LogP contribution in [0.3, 0.4) is 0 Å². The molecule has 1 aromatic heterocycles. The van der Waals surface area contributed by atoms with E-state index in [4.69, 9.17) is 18.9 Å². The fourth-order valence-electron chi connectivity index (χ4n) is 6.03. The molecular formula is C37H36N2O7. The fraction of sp³-hybridized carbons (Fsp3) is 0.243. The van der Waals surface area contributed by atoms with Gasteiger partial charge in [-0.25, -0.2) is 4.79 Å². The van der Waals surface area contributed by atoms with Crippen LogP contribution >= 0.6 is 0 Å². The van der Waals surface area contributed by atoms with Gasteiger partial charge < -0.3 is 24.1 Å². The number of rotatable bonds is 10. The van der Waals surface area contributed by atoms with Gasteiger partial charge in [-0.2, -0.15) is 0 Å². The van der Waals surface area contributed by atoms with Crippen molar-refractivity contribution in [3.8, 4) is 22.6 Å². The molecule has 1 saturated heterocycles. The molecule has 3 atom stereocenters. The number of benzene rings is 4. The minimum absolute atomic E-state index is 0.00649. The van der Waals surface area contributed by atoms with Gasteiger partial charge >= 0.3 is 5.69 Å². The van der Waals surface area contributed by atoms with Gasteiger partial charge in [-0.15, -0.1) is 0 Å². The molecule has 0 spiro atoms. The fourth-order valence-corrected chi connectivity index (χ4v) is 6.03. The van der Waals surface area contributed by atoms with Gasteiger partial charge in [0.25, 0.3) is 5.56 Å². The Balaban J connectivity index is 1.35. The monoisotopic (exact) mass is 620 g/mol. The van der Waals surface area contributed by atoms with E-state index in [9.17, 15) is 14.7 Å². The number of nitrogens with one attached hydrogen (secondary N) is 1. The highest BCUT2D eigenvalue weighted by Gasteiger charge is 2.42.